The smallest absolute Gasteiger partial charge is 0.326 e. The molecule has 0 bridgehead atoms. The van der Waals surface area contributed by atoms with Crippen LogP contribution in [-0.4, -0.2) is 52.9 Å². The van der Waals surface area contributed by atoms with Gasteiger partial charge in [0, 0.05) is 53.1 Å². The zero-order valence-electron chi connectivity index (χ0n) is 23.9. The first-order chi connectivity index (χ1) is 20.2. The summed E-state index contributed by atoms with van der Waals surface area (Å²) >= 11 is 6.17. The van der Waals surface area contributed by atoms with Gasteiger partial charge in [-0.3, -0.25) is 10.7 Å². The predicted octanol–water partition coefficient (Wildman–Crippen LogP) is 6.11. The van der Waals surface area contributed by atoms with E-state index in [9.17, 15) is 4.79 Å². The van der Waals surface area contributed by atoms with Crippen LogP contribution in [0.5, 0.6) is 0 Å². The summed E-state index contributed by atoms with van der Waals surface area (Å²) in [5.74, 6) is 2.31. The van der Waals surface area contributed by atoms with Crippen LogP contribution >= 0.6 is 11.6 Å². The number of nitrogens with one attached hydrogen (secondary N) is 4. The second kappa shape index (κ2) is 12.6. The molecule has 5 rings (SSSR count). The van der Waals surface area contributed by atoms with Crippen molar-refractivity contribution < 1.29 is 9.21 Å². The lowest BCUT2D eigenvalue weighted by molar-refractivity contribution is 0.262. The molecule has 2 unspecified atom stereocenters. The number of urea groups is 1. The molecule has 10 nitrogen and oxygen atoms in total. The van der Waals surface area contributed by atoms with Gasteiger partial charge in [0.2, 0.25) is 5.95 Å². The number of rotatable bonds is 9. The van der Waals surface area contributed by atoms with E-state index in [-0.39, 0.29) is 11.8 Å². The predicted molar refractivity (Wildman–Crippen MR) is 169 cm³/mol. The molecule has 2 atom stereocenters. The lowest BCUT2D eigenvalue weighted by atomic mass is 9.95. The average Bonchev–Trinajstić information content (AvgIpc) is 3.55. The third kappa shape index (κ3) is 7.07. The van der Waals surface area contributed by atoms with Gasteiger partial charge in [0.1, 0.15) is 23.0 Å². The molecular weight excluding hydrogens is 552 g/mol. The number of hydrogen-bond acceptors (Lipinski definition) is 7. The number of amidine groups is 1. The van der Waals surface area contributed by atoms with Crippen LogP contribution in [0.1, 0.15) is 29.5 Å². The molecule has 11 heteroatoms. The van der Waals surface area contributed by atoms with Gasteiger partial charge in [0.15, 0.2) is 0 Å². The summed E-state index contributed by atoms with van der Waals surface area (Å²) in [4.78, 5) is 23.9. The molecule has 4 aromatic rings. The molecule has 1 aliphatic heterocycles. The van der Waals surface area contributed by atoms with Crippen LogP contribution in [0.2, 0.25) is 5.02 Å². The number of halogens is 1. The summed E-state index contributed by atoms with van der Waals surface area (Å²) in [6, 6.07) is 14.2. The summed E-state index contributed by atoms with van der Waals surface area (Å²) in [6.07, 6.45) is 4.24. The monoisotopic (exact) mass is 586 g/mol. The Hall–Kier alpha value is -4.41. The Morgan fingerprint density at radius 2 is 1.98 bits per heavy atom. The standard InChI is InChI=1S/C31H35ClN8O2/c1-4-40-16-21(6-9-25-13-22-12-20(29(33)34)7-10-27(22)42-25)23(17-40)15-35-28-11-19(3)36-30(38-28)39-31(41)37-24-8-5-18(2)26(32)14-24/h5-14,21,23H,4,15-17H2,1-3H3,(H3,33,34)(H3,35,36,37,38,39,41)/b9-6+. The van der Waals surface area contributed by atoms with E-state index in [1.54, 1.807) is 18.2 Å². The Labute approximate surface area is 249 Å². The van der Waals surface area contributed by atoms with Gasteiger partial charge in [-0.1, -0.05) is 30.7 Å². The number of benzene rings is 2. The maximum absolute atomic E-state index is 12.6. The van der Waals surface area contributed by atoms with Crippen molar-refractivity contribution >= 4 is 58.0 Å². The third-order valence-corrected chi connectivity index (χ3v) is 7.83. The normalized spacial score (nSPS) is 17.1. The first-order valence-corrected chi connectivity index (χ1v) is 14.3. The molecule has 0 saturated carbocycles. The van der Waals surface area contributed by atoms with Gasteiger partial charge in [-0.05, 0) is 80.3 Å². The molecule has 3 heterocycles. The Morgan fingerprint density at radius 3 is 2.74 bits per heavy atom. The van der Waals surface area contributed by atoms with Crippen LogP contribution in [0.25, 0.3) is 17.0 Å². The SMILES string of the molecule is CCN1CC(/C=C/c2cc3cc(C(=N)N)ccc3o2)C(CNc2cc(C)nc(NC(=O)Nc3ccc(C)c(Cl)c3)n2)C1. The van der Waals surface area contributed by atoms with Gasteiger partial charge in [-0.25, -0.2) is 9.78 Å². The summed E-state index contributed by atoms with van der Waals surface area (Å²) < 4.78 is 6.00. The van der Waals surface area contributed by atoms with Crippen LogP contribution in [0.3, 0.4) is 0 Å². The molecule has 0 aliphatic carbocycles. The number of aromatic nitrogens is 2. The third-order valence-electron chi connectivity index (χ3n) is 7.42. The second-order valence-corrected chi connectivity index (χ2v) is 11.0. The van der Waals surface area contributed by atoms with E-state index in [2.05, 4.69) is 43.8 Å². The number of fused-ring (bicyclic) bond motifs is 1. The van der Waals surface area contributed by atoms with Crippen molar-refractivity contribution in [3.05, 3.63) is 82.2 Å². The molecule has 1 fully saturated rings. The molecule has 6 N–H and O–H groups in total. The molecule has 2 aromatic carbocycles. The van der Waals surface area contributed by atoms with Gasteiger partial charge >= 0.3 is 6.03 Å². The molecule has 1 aliphatic rings. The van der Waals surface area contributed by atoms with Crippen LogP contribution in [-0.2, 0) is 0 Å². The number of nitrogens with zero attached hydrogens (tertiary/aromatic N) is 3. The molecule has 2 aromatic heterocycles. The van der Waals surface area contributed by atoms with Crippen molar-refractivity contribution in [3.8, 4) is 0 Å². The van der Waals surface area contributed by atoms with Crippen molar-refractivity contribution in [3.63, 3.8) is 0 Å². The number of carbonyl (C=O) groups excluding carboxylic acids is 1. The molecule has 2 amide bonds. The lowest BCUT2D eigenvalue weighted by Gasteiger charge is -2.17. The first-order valence-electron chi connectivity index (χ1n) is 13.9. The van der Waals surface area contributed by atoms with Gasteiger partial charge in [0.05, 0.1) is 0 Å². The largest absolute Gasteiger partial charge is 0.457 e. The van der Waals surface area contributed by atoms with Gasteiger partial charge in [0.25, 0.3) is 0 Å². The summed E-state index contributed by atoms with van der Waals surface area (Å²) in [5, 5.41) is 18.1. The minimum Gasteiger partial charge on any atom is -0.457 e. The molecular formula is C31H35ClN8O2. The van der Waals surface area contributed by atoms with Crippen molar-refractivity contribution in [2.45, 2.75) is 20.8 Å². The highest BCUT2D eigenvalue weighted by Crippen LogP contribution is 2.28. The van der Waals surface area contributed by atoms with Gasteiger partial charge in [-0.15, -0.1) is 0 Å². The lowest BCUT2D eigenvalue weighted by Crippen LogP contribution is -2.24. The van der Waals surface area contributed by atoms with Crippen LogP contribution < -0.4 is 21.7 Å². The van der Waals surface area contributed by atoms with Crippen LogP contribution in [0.4, 0.5) is 22.2 Å². The van der Waals surface area contributed by atoms with E-state index in [4.69, 9.17) is 27.2 Å². The van der Waals surface area contributed by atoms with E-state index in [0.29, 0.717) is 40.5 Å². The van der Waals surface area contributed by atoms with Crippen LogP contribution in [0.15, 0.2) is 59.0 Å². The molecule has 218 valence electrons. The minimum atomic E-state index is -0.450. The van der Waals surface area contributed by atoms with E-state index < -0.39 is 6.03 Å². The van der Waals surface area contributed by atoms with Crippen molar-refractivity contribution in [1.82, 2.24) is 14.9 Å². The second-order valence-electron chi connectivity index (χ2n) is 10.6. The van der Waals surface area contributed by atoms with Crippen molar-refractivity contribution in [1.29, 1.82) is 5.41 Å². The first kappa shape index (κ1) is 29.1. The van der Waals surface area contributed by atoms with Gasteiger partial charge in [-0.2, -0.15) is 4.98 Å². The molecule has 1 saturated heterocycles. The highest BCUT2D eigenvalue weighted by molar-refractivity contribution is 6.31. The number of anilines is 3. The van der Waals surface area contributed by atoms with E-state index in [1.165, 1.54) is 0 Å². The Morgan fingerprint density at radius 1 is 1.14 bits per heavy atom. The topological polar surface area (TPSA) is 145 Å². The quantitative estimate of drug-likeness (QED) is 0.117. The number of likely N-dealkylation sites (tertiary alicyclic amines) is 1. The number of nitrogen functional groups attached to an aromatic ring is 1. The van der Waals surface area contributed by atoms with E-state index >= 15 is 0 Å². The number of nitrogens with two attached hydrogens (primary N) is 1. The zero-order valence-corrected chi connectivity index (χ0v) is 24.6. The fraction of sp³-hybridized carbons (Fsp3) is 0.290. The number of amides is 2. The van der Waals surface area contributed by atoms with E-state index in [1.807, 2.05) is 50.3 Å². The minimum absolute atomic E-state index is 0.0359. The summed E-state index contributed by atoms with van der Waals surface area (Å²) in [7, 11) is 0. The highest BCUT2D eigenvalue weighted by Gasteiger charge is 2.30. The molecule has 0 spiro atoms. The fourth-order valence-corrected chi connectivity index (χ4v) is 5.28. The maximum Gasteiger partial charge on any atom is 0.326 e. The molecule has 42 heavy (non-hydrogen) atoms. The number of hydrogen-bond donors (Lipinski definition) is 5. The van der Waals surface area contributed by atoms with Gasteiger partial charge < -0.3 is 25.7 Å². The zero-order chi connectivity index (χ0) is 29.8. The highest BCUT2D eigenvalue weighted by atomic mass is 35.5. The number of furan rings is 1. The fourth-order valence-electron chi connectivity index (χ4n) is 5.10. The number of carbonyl (C=O) groups is 1. The van der Waals surface area contributed by atoms with Crippen molar-refractivity contribution in [2.75, 3.05) is 42.1 Å². The summed E-state index contributed by atoms with van der Waals surface area (Å²) in [5.41, 5.74) is 9.32. The summed E-state index contributed by atoms with van der Waals surface area (Å²) in [6.45, 7) is 9.52. The van der Waals surface area contributed by atoms with E-state index in [0.717, 1.165) is 47.6 Å². The molecule has 0 radical (unpaired) electrons. The van der Waals surface area contributed by atoms with Crippen LogP contribution in [0, 0.1) is 31.1 Å². The average molecular weight is 587 g/mol. The van der Waals surface area contributed by atoms with Crippen molar-refractivity contribution in [2.24, 2.45) is 17.6 Å². The maximum atomic E-state index is 12.6. The Bertz CT molecular complexity index is 1650. The number of aryl methyl sites for hydroxylation is 2. The Balaban J connectivity index is 1.23. The Kier molecular flexibility index (Phi) is 8.75.